The van der Waals surface area contributed by atoms with Crippen LogP contribution in [0.4, 0.5) is 5.69 Å². The molecule has 4 rings (SSSR count). The van der Waals surface area contributed by atoms with Crippen LogP contribution in [0.1, 0.15) is 21.8 Å². The van der Waals surface area contributed by atoms with E-state index in [1.54, 1.807) is 29.5 Å². The normalized spacial score (nSPS) is 10.7. The Kier molecular flexibility index (Phi) is 7.79. The fourth-order valence-corrected chi connectivity index (χ4v) is 4.95. The Balaban J connectivity index is 1.44. The predicted octanol–water partition coefficient (Wildman–Crippen LogP) is 5.43. The van der Waals surface area contributed by atoms with Crippen molar-refractivity contribution in [3.8, 4) is 6.07 Å². The quantitative estimate of drug-likeness (QED) is 0.314. The minimum atomic E-state index is -0.182. The van der Waals surface area contributed by atoms with Gasteiger partial charge in [-0.05, 0) is 41.6 Å². The summed E-state index contributed by atoms with van der Waals surface area (Å²) >= 11 is 9.09. The number of thioether (sulfide) groups is 1. The van der Waals surface area contributed by atoms with Crippen molar-refractivity contribution >= 4 is 46.3 Å². The summed E-state index contributed by atoms with van der Waals surface area (Å²) in [6, 6.07) is 21.2. The molecular formula is C24H20ClN5OS2. The van der Waals surface area contributed by atoms with Crippen molar-refractivity contribution in [3.05, 3.63) is 92.9 Å². The predicted molar refractivity (Wildman–Crippen MR) is 133 cm³/mol. The summed E-state index contributed by atoms with van der Waals surface area (Å²) in [6.07, 6.45) is 1.55. The number of halogens is 1. The molecule has 2 heterocycles. The first-order valence-electron chi connectivity index (χ1n) is 10.2. The molecular weight excluding hydrogens is 474 g/mol. The molecule has 0 atom stereocenters. The Hall–Kier alpha value is -3.12. The van der Waals surface area contributed by atoms with Gasteiger partial charge < -0.3 is 9.88 Å². The number of anilines is 1. The molecule has 9 heteroatoms. The van der Waals surface area contributed by atoms with Gasteiger partial charge in [0.25, 0.3) is 0 Å². The fourth-order valence-electron chi connectivity index (χ4n) is 3.25. The average Bonchev–Trinajstić information content (AvgIpc) is 3.47. The van der Waals surface area contributed by atoms with Gasteiger partial charge in [-0.1, -0.05) is 59.8 Å². The first kappa shape index (κ1) is 23.1. The number of nitrogens with one attached hydrogen (secondary N) is 1. The van der Waals surface area contributed by atoms with Crippen LogP contribution in [0, 0.1) is 11.3 Å². The Bertz CT molecular complexity index is 1270. The fraction of sp³-hybridized carbons (Fsp3) is 0.167. The van der Waals surface area contributed by atoms with E-state index >= 15 is 0 Å². The van der Waals surface area contributed by atoms with E-state index in [-0.39, 0.29) is 11.7 Å². The molecule has 0 aliphatic rings. The van der Waals surface area contributed by atoms with Crippen LogP contribution in [-0.2, 0) is 24.2 Å². The molecule has 0 aliphatic heterocycles. The topological polar surface area (TPSA) is 83.6 Å². The molecule has 0 radical (unpaired) electrons. The summed E-state index contributed by atoms with van der Waals surface area (Å²) in [4.78, 5) is 13.7. The molecule has 1 N–H and O–H groups in total. The van der Waals surface area contributed by atoms with Crippen LogP contribution in [0.3, 0.4) is 0 Å². The smallest absolute Gasteiger partial charge is 0.234 e. The van der Waals surface area contributed by atoms with Crippen molar-refractivity contribution in [1.29, 1.82) is 5.26 Å². The number of nitrogens with zero attached hydrogens (tertiary/aromatic N) is 4. The Labute approximate surface area is 205 Å². The van der Waals surface area contributed by atoms with E-state index in [0.29, 0.717) is 27.9 Å². The van der Waals surface area contributed by atoms with Crippen molar-refractivity contribution in [2.75, 3.05) is 11.1 Å². The van der Waals surface area contributed by atoms with E-state index < -0.39 is 0 Å². The molecule has 166 valence electrons. The zero-order valence-electron chi connectivity index (χ0n) is 17.6. The number of hydrogen-bond acceptors (Lipinski definition) is 6. The van der Waals surface area contributed by atoms with E-state index in [0.717, 1.165) is 18.8 Å². The number of amides is 1. The number of hydrogen-bond donors (Lipinski definition) is 1. The highest BCUT2D eigenvalue weighted by atomic mass is 35.5. The summed E-state index contributed by atoms with van der Waals surface area (Å²) in [7, 11) is 0. The zero-order valence-corrected chi connectivity index (χ0v) is 20.0. The summed E-state index contributed by atoms with van der Waals surface area (Å²) < 4.78 is 2.10. The lowest BCUT2D eigenvalue weighted by molar-refractivity contribution is -0.113. The van der Waals surface area contributed by atoms with Crippen molar-refractivity contribution < 1.29 is 4.79 Å². The second kappa shape index (κ2) is 11.1. The number of thiophene rings is 1. The second-order valence-electron chi connectivity index (χ2n) is 7.19. The van der Waals surface area contributed by atoms with Gasteiger partial charge in [0.1, 0.15) is 11.9 Å². The summed E-state index contributed by atoms with van der Waals surface area (Å²) in [5.74, 6) is 0.883. The molecule has 6 nitrogen and oxygen atoms in total. The third-order valence-corrected chi connectivity index (χ3v) is 7.03. The minimum absolute atomic E-state index is 0.181. The second-order valence-corrected chi connectivity index (χ2v) is 9.57. The van der Waals surface area contributed by atoms with Gasteiger partial charge in [-0.15, -0.1) is 21.5 Å². The standard InChI is InChI=1S/C24H20ClN5OS2/c25-21-13-19(9-8-18(21)15-26)27-23(31)16-33-24-29-28-22(14-20-7-4-12-32-20)30(24)11-10-17-5-2-1-3-6-17/h1-9,12-13H,10-11,14,16H2,(H,27,31). The number of aromatic nitrogens is 3. The molecule has 0 unspecified atom stereocenters. The molecule has 0 saturated carbocycles. The van der Waals surface area contributed by atoms with Crippen molar-refractivity contribution in [1.82, 2.24) is 14.8 Å². The number of carbonyl (C=O) groups is 1. The van der Waals surface area contributed by atoms with Gasteiger partial charge in [0.15, 0.2) is 5.16 Å². The van der Waals surface area contributed by atoms with Crippen molar-refractivity contribution in [2.45, 2.75) is 24.5 Å². The number of aryl methyl sites for hydroxylation is 1. The SMILES string of the molecule is N#Cc1ccc(NC(=O)CSc2nnc(Cc3cccs3)n2CCc2ccccc2)cc1Cl. The molecule has 0 fully saturated rings. The summed E-state index contributed by atoms with van der Waals surface area (Å²) in [5, 5.41) is 23.7. The maximum Gasteiger partial charge on any atom is 0.234 e. The van der Waals surface area contributed by atoms with Gasteiger partial charge in [0, 0.05) is 23.5 Å². The molecule has 0 bridgehead atoms. The first-order chi connectivity index (χ1) is 16.1. The Morgan fingerprint density at radius 2 is 2.00 bits per heavy atom. The van der Waals surface area contributed by atoms with Crippen LogP contribution in [-0.4, -0.2) is 26.4 Å². The molecule has 0 saturated heterocycles. The van der Waals surface area contributed by atoms with E-state index in [1.165, 1.54) is 22.2 Å². The monoisotopic (exact) mass is 493 g/mol. The van der Waals surface area contributed by atoms with Crippen molar-refractivity contribution in [2.24, 2.45) is 0 Å². The van der Waals surface area contributed by atoms with Crippen LogP contribution in [0.5, 0.6) is 0 Å². The number of nitriles is 1. The lowest BCUT2D eigenvalue weighted by atomic mass is 10.1. The van der Waals surface area contributed by atoms with Crippen LogP contribution in [0.15, 0.2) is 71.2 Å². The zero-order chi connectivity index (χ0) is 23.0. The highest BCUT2D eigenvalue weighted by molar-refractivity contribution is 7.99. The molecule has 0 spiro atoms. The lowest BCUT2D eigenvalue weighted by Crippen LogP contribution is -2.15. The van der Waals surface area contributed by atoms with Crippen LogP contribution >= 0.6 is 34.7 Å². The number of benzene rings is 2. The van der Waals surface area contributed by atoms with E-state index in [4.69, 9.17) is 16.9 Å². The molecule has 1 amide bonds. The average molecular weight is 494 g/mol. The lowest BCUT2D eigenvalue weighted by Gasteiger charge is -2.10. The van der Waals surface area contributed by atoms with Gasteiger partial charge in [0.05, 0.1) is 16.3 Å². The van der Waals surface area contributed by atoms with E-state index in [9.17, 15) is 4.79 Å². The summed E-state index contributed by atoms with van der Waals surface area (Å²) in [5.41, 5.74) is 2.15. The Morgan fingerprint density at radius 3 is 2.73 bits per heavy atom. The van der Waals surface area contributed by atoms with E-state index in [1.807, 2.05) is 30.3 Å². The first-order valence-corrected chi connectivity index (χ1v) is 12.5. The highest BCUT2D eigenvalue weighted by Crippen LogP contribution is 2.23. The van der Waals surface area contributed by atoms with Gasteiger partial charge in [-0.3, -0.25) is 4.79 Å². The van der Waals surface area contributed by atoms with Gasteiger partial charge in [0.2, 0.25) is 5.91 Å². The van der Waals surface area contributed by atoms with Gasteiger partial charge >= 0.3 is 0 Å². The number of rotatable bonds is 9. The van der Waals surface area contributed by atoms with Crippen molar-refractivity contribution in [3.63, 3.8) is 0 Å². The van der Waals surface area contributed by atoms with Crippen LogP contribution in [0.2, 0.25) is 5.02 Å². The van der Waals surface area contributed by atoms with Gasteiger partial charge in [-0.2, -0.15) is 5.26 Å². The highest BCUT2D eigenvalue weighted by Gasteiger charge is 2.15. The Morgan fingerprint density at radius 1 is 1.15 bits per heavy atom. The molecule has 0 aliphatic carbocycles. The molecule has 4 aromatic rings. The molecule has 2 aromatic heterocycles. The maximum atomic E-state index is 12.5. The van der Waals surface area contributed by atoms with E-state index in [2.05, 4.69) is 43.7 Å². The number of carbonyl (C=O) groups excluding carboxylic acids is 1. The third-order valence-electron chi connectivity index (χ3n) is 4.88. The minimum Gasteiger partial charge on any atom is -0.325 e. The molecule has 33 heavy (non-hydrogen) atoms. The molecule has 2 aromatic carbocycles. The van der Waals surface area contributed by atoms with Crippen LogP contribution < -0.4 is 5.32 Å². The largest absolute Gasteiger partial charge is 0.325 e. The third kappa shape index (κ3) is 6.23. The van der Waals surface area contributed by atoms with Gasteiger partial charge in [-0.25, -0.2) is 0 Å². The van der Waals surface area contributed by atoms with Crippen LogP contribution in [0.25, 0.3) is 0 Å². The summed E-state index contributed by atoms with van der Waals surface area (Å²) in [6.45, 7) is 0.729. The maximum absolute atomic E-state index is 12.5.